The van der Waals surface area contributed by atoms with E-state index in [0.717, 1.165) is 19.3 Å². The zero-order chi connectivity index (χ0) is 16.6. The average molecular weight is 323 g/mol. The van der Waals surface area contributed by atoms with Crippen LogP contribution in [-0.2, 0) is 14.3 Å². The molecule has 7 heteroatoms. The van der Waals surface area contributed by atoms with E-state index in [1.54, 1.807) is 12.0 Å². The molecule has 128 valence electrons. The Hall–Kier alpha value is -1.63. The Balaban J connectivity index is 1.60. The van der Waals surface area contributed by atoms with Gasteiger partial charge in [-0.3, -0.25) is 14.5 Å². The topological polar surface area (TPSA) is 70.2 Å². The van der Waals surface area contributed by atoms with Crippen molar-refractivity contribution in [3.8, 4) is 0 Å². The van der Waals surface area contributed by atoms with Gasteiger partial charge in [0, 0.05) is 33.3 Å². The maximum absolute atomic E-state index is 12.3. The summed E-state index contributed by atoms with van der Waals surface area (Å²) in [5, 5.41) is 0. The molecule has 4 amide bonds. The van der Waals surface area contributed by atoms with Gasteiger partial charge in [-0.25, -0.2) is 4.79 Å². The van der Waals surface area contributed by atoms with Crippen molar-refractivity contribution in [2.45, 2.75) is 38.6 Å². The van der Waals surface area contributed by atoms with E-state index in [1.807, 2.05) is 11.8 Å². The first-order valence-electron chi connectivity index (χ1n) is 8.40. The smallest absolute Gasteiger partial charge is 0.327 e. The molecule has 0 bridgehead atoms. The highest BCUT2D eigenvalue weighted by atomic mass is 16.5. The lowest BCUT2D eigenvalue weighted by molar-refractivity contribution is -0.134. The highest BCUT2D eigenvalue weighted by Gasteiger charge is 2.56. The van der Waals surface area contributed by atoms with E-state index >= 15 is 0 Å². The number of carbonyl (C=O) groups excluding carboxylic acids is 3. The second-order valence-electron chi connectivity index (χ2n) is 6.84. The first-order chi connectivity index (χ1) is 11.0. The van der Waals surface area contributed by atoms with Crippen molar-refractivity contribution < 1.29 is 19.1 Å². The number of piperidine rings is 1. The minimum Gasteiger partial charge on any atom is -0.384 e. The van der Waals surface area contributed by atoms with E-state index in [4.69, 9.17) is 4.74 Å². The van der Waals surface area contributed by atoms with E-state index < -0.39 is 0 Å². The predicted molar refractivity (Wildman–Crippen MR) is 82.6 cm³/mol. The molecule has 1 unspecified atom stereocenters. The number of imide groups is 1. The molecule has 7 nitrogen and oxygen atoms in total. The molecule has 0 aliphatic carbocycles. The van der Waals surface area contributed by atoms with Gasteiger partial charge < -0.3 is 14.5 Å². The maximum atomic E-state index is 12.3. The quantitative estimate of drug-likeness (QED) is 0.714. The van der Waals surface area contributed by atoms with Crippen molar-refractivity contribution in [2.24, 2.45) is 5.41 Å². The molecule has 3 heterocycles. The number of fused-ring (bicyclic) bond motifs is 1. The van der Waals surface area contributed by atoms with Crippen LogP contribution >= 0.6 is 0 Å². The summed E-state index contributed by atoms with van der Waals surface area (Å²) in [4.78, 5) is 41.7. The number of carbonyl (C=O) groups is 3. The van der Waals surface area contributed by atoms with Crippen LogP contribution in [0.3, 0.4) is 0 Å². The van der Waals surface area contributed by atoms with Gasteiger partial charge in [0.2, 0.25) is 5.91 Å². The summed E-state index contributed by atoms with van der Waals surface area (Å²) >= 11 is 0. The standard InChI is InChI=1S/C16H25N3O4/c1-3-18-14(21)12-10-16(11-19(12)15(18)22)5-7-17(8-6-16)13(20)4-9-23-2/h12H,3-11H2,1-2H3. The van der Waals surface area contributed by atoms with E-state index in [9.17, 15) is 14.4 Å². The van der Waals surface area contributed by atoms with E-state index in [-0.39, 0.29) is 29.3 Å². The van der Waals surface area contributed by atoms with Gasteiger partial charge in [-0.2, -0.15) is 0 Å². The van der Waals surface area contributed by atoms with Crippen LogP contribution in [0.25, 0.3) is 0 Å². The van der Waals surface area contributed by atoms with E-state index in [0.29, 0.717) is 39.2 Å². The molecule has 0 saturated carbocycles. The number of hydrogen-bond acceptors (Lipinski definition) is 4. The molecule has 0 radical (unpaired) electrons. The van der Waals surface area contributed by atoms with Crippen molar-refractivity contribution >= 4 is 17.8 Å². The summed E-state index contributed by atoms with van der Waals surface area (Å²) in [5.41, 5.74) is 0.00779. The van der Waals surface area contributed by atoms with Gasteiger partial charge in [-0.05, 0) is 31.6 Å². The first kappa shape index (κ1) is 16.2. The van der Waals surface area contributed by atoms with Gasteiger partial charge in [0.25, 0.3) is 5.91 Å². The predicted octanol–water partition coefficient (Wildman–Crippen LogP) is 0.688. The van der Waals surface area contributed by atoms with Gasteiger partial charge in [0.15, 0.2) is 0 Å². The van der Waals surface area contributed by atoms with Crippen LogP contribution in [0, 0.1) is 5.41 Å². The largest absolute Gasteiger partial charge is 0.384 e. The molecule has 0 N–H and O–H groups in total. The van der Waals surface area contributed by atoms with Crippen LogP contribution < -0.4 is 0 Å². The number of amides is 4. The van der Waals surface area contributed by atoms with Crippen LogP contribution in [-0.4, -0.2) is 78.5 Å². The summed E-state index contributed by atoms with van der Waals surface area (Å²) in [5.74, 6) is 0.0810. The lowest BCUT2D eigenvalue weighted by Gasteiger charge is -2.39. The number of methoxy groups -OCH3 is 1. The minimum absolute atomic E-state index is 0.00779. The van der Waals surface area contributed by atoms with Crippen molar-refractivity contribution in [2.75, 3.05) is 39.9 Å². The van der Waals surface area contributed by atoms with Crippen molar-refractivity contribution in [3.63, 3.8) is 0 Å². The van der Waals surface area contributed by atoms with Crippen LogP contribution in [0.15, 0.2) is 0 Å². The van der Waals surface area contributed by atoms with Gasteiger partial charge in [0.1, 0.15) is 6.04 Å². The maximum Gasteiger partial charge on any atom is 0.327 e. The molecule has 23 heavy (non-hydrogen) atoms. The second kappa shape index (κ2) is 6.11. The van der Waals surface area contributed by atoms with E-state index in [2.05, 4.69) is 0 Å². The summed E-state index contributed by atoms with van der Waals surface area (Å²) < 4.78 is 4.96. The lowest BCUT2D eigenvalue weighted by Crippen LogP contribution is -2.45. The number of ether oxygens (including phenoxy) is 1. The number of hydrogen-bond donors (Lipinski definition) is 0. The van der Waals surface area contributed by atoms with Crippen LogP contribution in [0.5, 0.6) is 0 Å². The summed E-state index contributed by atoms with van der Waals surface area (Å²) in [7, 11) is 1.60. The third-order valence-corrected chi connectivity index (χ3v) is 5.55. The molecule has 3 fully saturated rings. The number of likely N-dealkylation sites (tertiary alicyclic amines) is 1. The lowest BCUT2D eigenvalue weighted by atomic mass is 9.76. The monoisotopic (exact) mass is 323 g/mol. The first-order valence-corrected chi connectivity index (χ1v) is 8.40. The summed E-state index contributed by atoms with van der Waals surface area (Å²) in [6.07, 6.45) is 2.89. The zero-order valence-electron chi connectivity index (χ0n) is 13.9. The Morgan fingerprint density at radius 1 is 1.30 bits per heavy atom. The number of urea groups is 1. The number of rotatable bonds is 4. The third-order valence-electron chi connectivity index (χ3n) is 5.55. The normalized spacial score (nSPS) is 26.3. The fourth-order valence-electron chi connectivity index (χ4n) is 4.14. The number of nitrogens with zero attached hydrogens (tertiary/aromatic N) is 3. The van der Waals surface area contributed by atoms with Crippen LogP contribution in [0.1, 0.15) is 32.6 Å². The van der Waals surface area contributed by atoms with E-state index in [1.165, 1.54) is 4.90 Å². The molecule has 1 spiro atoms. The third kappa shape index (κ3) is 2.71. The average Bonchev–Trinajstić information content (AvgIpc) is 3.02. The molecule has 3 saturated heterocycles. The Morgan fingerprint density at radius 2 is 2.00 bits per heavy atom. The van der Waals surface area contributed by atoms with Crippen molar-refractivity contribution in [1.29, 1.82) is 0 Å². The Kier molecular flexibility index (Phi) is 4.31. The van der Waals surface area contributed by atoms with Crippen molar-refractivity contribution in [1.82, 2.24) is 14.7 Å². The molecule has 3 aliphatic heterocycles. The van der Waals surface area contributed by atoms with Crippen LogP contribution in [0.4, 0.5) is 4.79 Å². The molecule has 3 rings (SSSR count). The summed E-state index contributed by atoms with van der Waals surface area (Å²) in [6, 6.07) is -0.420. The highest BCUT2D eigenvalue weighted by Crippen LogP contribution is 2.46. The fourth-order valence-corrected chi connectivity index (χ4v) is 4.14. The molecule has 0 aromatic rings. The van der Waals surface area contributed by atoms with Gasteiger partial charge in [0.05, 0.1) is 13.0 Å². The second-order valence-corrected chi connectivity index (χ2v) is 6.84. The van der Waals surface area contributed by atoms with Gasteiger partial charge in [-0.15, -0.1) is 0 Å². The Bertz CT molecular complexity index is 487. The molecular weight excluding hydrogens is 298 g/mol. The minimum atomic E-state index is -0.279. The number of likely N-dealkylation sites (N-methyl/N-ethyl adjacent to an activating group) is 1. The molecule has 0 aromatic heterocycles. The highest BCUT2D eigenvalue weighted by molar-refractivity contribution is 6.04. The SMILES string of the molecule is CCN1C(=O)C2CC3(CCN(C(=O)CCOC)CC3)CN2C1=O. The fraction of sp³-hybridized carbons (Fsp3) is 0.812. The molecule has 3 aliphatic rings. The Morgan fingerprint density at radius 3 is 2.57 bits per heavy atom. The van der Waals surface area contributed by atoms with Gasteiger partial charge in [-0.1, -0.05) is 0 Å². The zero-order valence-corrected chi connectivity index (χ0v) is 13.9. The van der Waals surface area contributed by atoms with Crippen LogP contribution in [0.2, 0.25) is 0 Å². The Labute approximate surface area is 136 Å². The molecule has 1 atom stereocenters. The summed E-state index contributed by atoms with van der Waals surface area (Å²) in [6.45, 7) is 4.80. The van der Waals surface area contributed by atoms with Gasteiger partial charge >= 0.3 is 6.03 Å². The molecule has 0 aromatic carbocycles. The molecular formula is C16H25N3O4. The van der Waals surface area contributed by atoms with Crippen molar-refractivity contribution in [3.05, 3.63) is 0 Å².